The number of hydroxylamine groups is 1. The molecule has 0 unspecified atom stereocenters. The Bertz CT molecular complexity index is 514. The summed E-state index contributed by atoms with van der Waals surface area (Å²) in [7, 11) is 0. The zero-order valence-electron chi connectivity index (χ0n) is 10.5. The van der Waals surface area contributed by atoms with Crippen molar-refractivity contribution in [1.29, 1.82) is 0 Å². The maximum Gasteiger partial charge on any atom is 0.417 e. The summed E-state index contributed by atoms with van der Waals surface area (Å²) >= 11 is 0. The van der Waals surface area contributed by atoms with Crippen LogP contribution in [0, 0.1) is 0 Å². The number of rotatable bonds is 5. The number of carbonyl (C=O) groups excluding carboxylic acids is 1. The summed E-state index contributed by atoms with van der Waals surface area (Å²) in [6.07, 6.45) is -4.27. The molecule has 1 rings (SSSR count). The van der Waals surface area contributed by atoms with Crippen LogP contribution in [-0.4, -0.2) is 23.6 Å². The SMILES string of the molecule is CCCONC(=O)c1ccc(C(=O)O)cc1C(F)(F)F. The van der Waals surface area contributed by atoms with Gasteiger partial charge in [-0.15, -0.1) is 0 Å². The van der Waals surface area contributed by atoms with Gasteiger partial charge < -0.3 is 5.11 Å². The van der Waals surface area contributed by atoms with Crippen molar-refractivity contribution in [2.45, 2.75) is 19.5 Å². The van der Waals surface area contributed by atoms with E-state index in [-0.39, 0.29) is 6.61 Å². The third-order valence-electron chi connectivity index (χ3n) is 2.29. The molecule has 20 heavy (non-hydrogen) atoms. The second kappa shape index (κ2) is 6.38. The molecule has 0 radical (unpaired) electrons. The standard InChI is InChI=1S/C12H12F3NO4/c1-2-5-20-16-10(17)8-4-3-7(11(18)19)6-9(8)12(13,14)15/h3-4,6H,2,5H2,1H3,(H,16,17)(H,18,19). The molecule has 5 nitrogen and oxygen atoms in total. The first-order chi connectivity index (χ1) is 9.27. The molecule has 8 heteroatoms. The molecule has 0 heterocycles. The Morgan fingerprint density at radius 1 is 1.35 bits per heavy atom. The van der Waals surface area contributed by atoms with Crippen LogP contribution in [-0.2, 0) is 11.0 Å². The lowest BCUT2D eigenvalue weighted by molar-refractivity contribution is -0.138. The average Bonchev–Trinajstić information content (AvgIpc) is 2.37. The lowest BCUT2D eigenvalue weighted by Gasteiger charge is -2.13. The summed E-state index contributed by atoms with van der Waals surface area (Å²) in [6, 6.07) is 2.14. The molecule has 0 saturated heterocycles. The number of hydrogen-bond donors (Lipinski definition) is 2. The van der Waals surface area contributed by atoms with Crippen LogP contribution in [0.4, 0.5) is 13.2 Å². The molecule has 0 fully saturated rings. The van der Waals surface area contributed by atoms with Gasteiger partial charge in [0, 0.05) is 0 Å². The number of carboxylic acids is 1. The van der Waals surface area contributed by atoms with Gasteiger partial charge in [-0.25, -0.2) is 10.3 Å². The topological polar surface area (TPSA) is 75.6 Å². The van der Waals surface area contributed by atoms with Gasteiger partial charge in [-0.3, -0.25) is 9.63 Å². The smallest absolute Gasteiger partial charge is 0.417 e. The zero-order valence-corrected chi connectivity index (χ0v) is 10.5. The lowest BCUT2D eigenvalue weighted by Crippen LogP contribution is -2.27. The van der Waals surface area contributed by atoms with Gasteiger partial charge in [0.2, 0.25) is 0 Å². The van der Waals surface area contributed by atoms with E-state index >= 15 is 0 Å². The van der Waals surface area contributed by atoms with Crippen LogP contribution >= 0.6 is 0 Å². The summed E-state index contributed by atoms with van der Waals surface area (Å²) in [6.45, 7) is 1.91. The van der Waals surface area contributed by atoms with Crippen molar-refractivity contribution in [1.82, 2.24) is 5.48 Å². The van der Waals surface area contributed by atoms with E-state index in [2.05, 4.69) is 4.84 Å². The van der Waals surface area contributed by atoms with E-state index in [1.165, 1.54) is 0 Å². The molecule has 110 valence electrons. The molecule has 2 N–H and O–H groups in total. The zero-order chi connectivity index (χ0) is 15.3. The van der Waals surface area contributed by atoms with Crippen LogP contribution in [0.1, 0.15) is 39.6 Å². The molecule has 1 amide bonds. The molecular formula is C12H12F3NO4. The third kappa shape index (κ3) is 3.95. The molecule has 0 bridgehead atoms. The number of carbonyl (C=O) groups is 2. The molecule has 0 aliphatic carbocycles. The number of halogens is 3. The van der Waals surface area contributed by atoms with Gasteiger partial charge in [-0.1, -0.05) is 6.92 Å². The number of amides is 1. The molecular weight excluding hydrogens is 279 g/mol. The Morgan fingerprint density at radius 3 is 2.50 bits per heavy atom. The average molecular weight is 291 g/mol. The van der Waals surface area contributed by atoms with Crippen LogP contribution < -0.4 is 5.48 Å². The fraction of sp³-hybridized carbons (Fsp3) is 0.333. The van der Waals surface area contributed by atoms with Crippen LogP contribution in [0.15, 0.2) is 18.2 Å². The van der Waals surface area contributed by atoms with E-state index in [0.29, 0.717) is 12.5 Å². The molecule has 0 atom stereocenters. The maximum absolute atomic E-state index is 12.8. The van der Waals surface area contributed by atoms with Crippen molar-refractivity contribution in [3.8, 4) is 0 Å². The van der Waals surface area contributed by atoms with Crippen molar-refractivity contribution in [2.24, 2.45) is 0 Å². The van der Waals surface area contributed by atoms with Crippen molar-refractivity contribution in [3.05, 3.63) is 34.9 Å². The van der Waals surface area contributed by atoms with E-state index in [9.17, 15) is 22.8 Å². The minimum absolute atomic E-state index is 0.153. The van der Waals surface area contributed by atoms with Crippen molar-refractivity contribution in [2.75, 3.05) is 6.61 Å². The van der Waals surface area contributed by atoms with Gasteiger partial charge in [0.05, 0.1) is 23.3 Å². The third-order valence-corrected chi connectivity index (χ3v) is 2.29. The number of benzene rings is 1. The number of nitrogens with one attached hydrogen (secondary N) is 1. The highest BCUT2D eigenvalue weighted by atomic mass is 19.4. The Kier molecular flexibility index (Phi) is 5.09. The molecule has 0 aliphatic heterocycles. The Hall–Kier alpha value is -2.09. The molecule has 1 aromatic carbocycles. The number of alkyl halides is 3. The summed E-state index contributed by atoms with van der Waals surface area (Å²) < 4.78 is 38.5. The summed E-state index contributed by atoms with van der Waals surface area (Å²) in [5, 5.41) is 8.69. The highest BCUT2D eigenvalue weighted by molar-refractivity contribution is 5.97. The van der Waals surface area contributed by atoms with E-state index in [1.807, 2.05) is 5.48 Å². The minimum Gasteiger partial charge on any atom is -0.478 e. The second-order valence-corrected chi connectivity index (χ2v) is 3.84. The van der Waals surface area contributed by atoms with Crippen molar-refractivity contribution >= 4 is 11.9 Å². The van der Waals surface area contributed by atoms with Crippen LogP contribution in [0.25, 0.3) is 0 Å². The first-order valence-corrected chi connectivity index (χ1v) is 5.64. The molecule has 1 aromatic rings. The largest absolute Gasteiger partial charge is 0.478 e. The van der Waals surface area contributed by atoms with Crippen LogP contribution in [0.3, 0.4) is 0 Å². The van der Waals surface area contributed by atoms with Gasteiger partial charge in [-0.2, -0.15) is 13.2 Å². The quantitative estimate of drug-likeness (QED) is 0.645. The minimum atomic E-state index is -4.84. The Labute approximate surface area is 112 Å². The highest BCUT2D eigenvalue weighted by Gasteiger charge is 2.36. The van der Waals surface area contributed by atoms with E-state index in [4.69, 9.17) is 5.11 Å². The first-order valence-electron chi connectivity index (χ1n) is 5.64. The fourth-order valence-electron chi connectivity index (χ4n) is 1.38. The van der Waals surface area contributed by atoms with Gasteiger partial charge in [0.1, 0.15) is 0 Å². The van der Waals surface area contributed by atoms with Crippen LogP contribution in [0.5, 0.6) is 0 Å². The number of carboxylic acid groups (broad SMARTS) is 1. The molecule has 0 saturated carbocycles. The van der Waals surface area contributed by atoms with Gasteiger partial charge in [-0.05, 0) is 24.6 Å². The van der Waals surface area contributed by atoms with Crippen molar-refractivity contribution in [3.63, 3.8) is 0 Å². The summed E-state index contributed by atoms with van der Waals surface area (Å²) in [4.78, 5) is 26.9. The molecule has 0 spiro atoms. The Morgan fingerprint density at radius 2 is 2.00 bits per heavy atom. The first kappa shape index (κ1) is 16.0. The molecule has 0 aromatic heterocycles. The van der Waals surface area contributed by atoms with E-state index < -0.39 is 34.7 Å². The van der Waals surface area contributed by atoms with Gasteiger partial charge in [0.25, 0.3) is 5.91 Å². The highest BCUT2D eigenvalue weighted by Crippen LogP contribution is 2.32. The van der Waals surface area contributed by atoms with Crippen LogP contribution in [0.2, 0.25) is 0 Å². The predicted octanol–water partition coefficient (Wildman–Crippen LogP) is 2.48. The Balaban J connectivity index is 3.12. The molecule has 0 aliphatic rings. The van der Waals surface area contributed by atoms with E-state index in [0.717, 1.165) is 12.1 Å². The fourth-order valence-corrected chi connectivity index (χ4v) is 1.38. The van der Waals surface area contributed by atoms with Crippen molar-refractivity contribution < 1.29 is 32.7 Å². The monoisotopic (exact) mass is 291 g/mol. The van der Waals surface area contributed by atoms with Gasteiger partial charge in [0.15, 0.2) is 0 Å². The second-order valence-electron chi connectivity index (χ2n) is 3.84. The normalized spacial score (nSPS) is 11.2. The summed E-state index contributed by atoms with van der Waals surface area (Å²) in [5.74, 6) is -2.59. The van der Waals surface area contributed by atoms with E-state index in [1.54, 1.807) is 6.92 Å². The summed E-state index contributed by atoms with van der Waals surface area (Å²) in [5.41, 5.74) is -0.698. The van der Waals surface area contributed by atoms with Gasteiger partial charge >= 0.3 is 12.1 Å². The predicted molar refractivity (Wildman–Crippen MR) is 62.1 cm³/mol. The lowest BCUT2D eigenvalue weighted by atomic mass is 10.0. The number of aromatic carboxylic acids is 1. The maximum atomic E-state index is 12.8. The number of hydrogen-bond acceptors (Lipinski definition) is 3.